The number of para-hydroxylation sites is 1. The largest absolute Gasteiger partial charge is 0.543 e. The summed E-state index contributed by atoms with van der Waals surface area (Å²) < 4.78 is 12.3. The Hall–Kier alpha value is -1.29. The smallest absolute Gasteiger partial charge is 0.342 e. The van der Waals surface area contributed by atoms with Crippen LogP contribution in [0.15, 0.2) is 24.3 Å². The lowest BCUT2D eigenvalue weighted by atomic mass is 9.71. The van der Waals surface area contributed by atoms with Gasteiger partial charge in [0.25, 0.3) is 8.32 Å². The molecule has 1 aliphatic rings. The molecule has 3 nitrogen and oxygen atoms in total. The van der Waals surface area contributed by atoms with Gasteiger partial charge in [0.2, 0.25) is 0 Å². The molecule has 1 aliphatic carbocycles. The van der Waals surface area contributed by atoms with Gasteiger partial charge in [-0.15, -0.1) is 0 Å². The number of rotatable bonds is 4. The molecule has 0 radical (unpaired) electrons. The third-order valence-corrected chi connectivity index (χ3v) is 10.2. The molecule has 0 aliphatic heterocycles. The molecule has 0 N–H and O–H groups in total. The van der Waals surface area contributed by atoms with Gasteiger partial charge in [0.1, 0.15) is 17.4 Å². The number of ether oxygens (including phenoxy) is 1. The normalized spacial score (nSPS) is 23.4. The van der Waals surface area contributed by atoms with Crippen LogP contribution in [0.5, 0.6) is 5.75 Å². The predicted octanol–water partition coefficient (Wildman–Crippen LogP) is 6.44. The summed E-state index contributed by atoms with van der Waals surface area (Å²) in [6.07, 6.45) is 3.04. The summed E-state index contributed by atoms with van der Waals surface area (Å²) in [6.45, 7) is 17.8. The molecule has 1 fully saturated rings. The van der Waals surface area contributed by atoms with Crippen LogP contribution in [-0.2, 0) is 4.74 Å². The van der Waals surface area contributed by atoms with Gasteiger partial charge in [0, 0.05) is 0 Å². The van der Waals surface area contributed by atoms with Gasteiger partial charge in [-0.2, -0.15) is 0 Å². The van der Waals surface area contributed by atoms with Gasteiger partial charge in [0.05, 0.1) is 0 Å². The highest BCUT2D eigenvalue weighted by Crippen LogP contribution is 2.41. The maximum atomic E-state index is 12.9. The quantitative estimate of drug-likeness (QED) is 0.448. The second-order valence-corrected chi connectivity index (χ2v) is 15.0. The van der Waals surface area contributed by atoms with E-state index in [4.69, 9.17) is 9.16 Å². The van der Waals surface area contributed by atoms with Gasteiger partial charge in [-0.05, 0) is 60.9 Å². The molecule has 0 aromatic heterocycles. The van der Waals surface area contributed by atoms with Crippen LogP contribution in [-0.4, -0.2) is 20.4 Å². The molecule has 0 spiro atoms. The van der Waals surface area contributed by atoms with Gasteiger partial charge in [-0.3, -0.25) is 0 Å². The number of hydrogen-bond donors (Lipinski definition) is 0. The molecule has 2 rings (SSSR count). The molecule has 2 atom stereocenters. The van der Waals surface area contributed by atoms with Gasteiger partial charge in [-0.1, -0.05) is 53.7 Å². The van der Waals surface area contributed by atoms with Crippen molar-refractivity contribution in [3.05, 3.63) is 29.8 Å². The Bertz CT molecular complexity index is 643. The van der Waals surface area contributed by atoms with Crippen LogP contribution < -0.4 is 4.43 Å². The zero-order valence-corrected chi connectivity index (χ0v) is 18.8. The molecule has 26 heavy (non-hydrogen) atoms. The Morgan fingerprint density at radius 3 is 2.35 bits per heavy atom. The monoisotopic (exact) mass is 376 g/mol. The van der Waals surface area contributed by atoms with Crippen LogP contribution >= 0.6 is 0 Å². The number of esters is 1. The molecule has 146 valence electrons. The Labute approximate surface area is 160 Å². The van der Waals surface area contributed by atoms with Gasteiger partial charge in [0.15, 0.2) is 0 Å². The van der Waals surface area contributed by atoms with E-state index in [-0.39, 0.29) is 22.5 Å². The first-order valence-corrected chi connectivity index (χ1v) is 12.7. The molecule has 4 heteroatoms. The number of carbonyl (C=O) groups excluding carboxylic acids is 1. The van der Waals surface area contributed by atoms with E-state index in [0.717, 1.165) is 12.8 Å². The third-order valence-electron chi connectivity index (χ3n) is 5.90. The van der Waals surface area contributed by atoms with Crippen molar-refractivity contribution in [1.82, 2.24) is 0 Å². The van der Waals surface area contributed by atoms with Crippen LogP contribution in [0, 0.1) is 11.3 Å². The standard InChI is InChI=1S/C22H36O3Si/c1-16-13-17(15-22(5,6)14-16)24-20(23)18-11-9-10-12-19(18)25-26(7,8)21(2,3)4/h9-12,16-17H,13-15H2,1-8H3. The number of hydrogen-bond acceptors (Lipinski definition) is 3. The number of carbonyl (C=O) groups is 1. The molecule has 1 saturated carbocycles. The van der Waals surface area contributed by atoms with Crippen molar-refractivity contribution >= 4 is 14.3 Å². The second-order valence-electron chi connectivity index (χ2n) is 10.3. The molecule has 0 amide bonds. The number of benzene rings is 1. The molecular formula is C22H36O3Si. The SMILES string of the molecule is CC1CC(OC(=O)c2ccccc2O[Si](C)(C)C(C)(C)C)CC(C)(C)C1. The summed E-state index contributed by atoms with van der Waals surface area (Å²) >= 11 is 0. The van der Waals surface area contributed by atoms with Crippen LogP contribution in [0.3, 0.4) is 0 Å². The summed E-state index contributed by atoms with van der Waals surface area (Å²) in [5.41, 5.74) is 0.771. The third kappa shape index (κ3) is 5.12. The minimum atomic E-state index is -2.02. The van der Waals surface area contributed by atoms with E-state index in [1.807, 2.05) is 24.3 Å². The second kappa shape index (κ2) is 7.38. The predicted molar refractivity (Wildman–Crippen MR) is 110 cm³/mol. The topological polar surface area (TPSA) is 35.5 Å². The highest BCUT2D eigenvalue weighted by Gasteiger charge is 2.40. The van der Waals surface area contributed by atoms with E-state index < -0.39 is 8.32 Å². The highest BCUT2D eigenvalue weighted by molar-refractivity contribution is 6.74. The van der Waals surface area contributed by atoms with Crippen LogP contribution in [0.2, 0.25) is 18.1 Å². The van der Waals surface area contributed by atoms with E-state index in [1.54, 1.807) is 0 Å². The molecule has 0 heterocycles. The fourth-order valence-electron chi connectivity index (χ4n) is 3.72. The summed E-state index contributed by atoms with van der Waals surface area (Å²) in [5.74, 6) is 0.983. The summed E-state index contributed by atoms with van der Waals surface area (Å²) in [4.78, 5) is 12.9. The lowest BCUT2D eigenvalue weighted by molar-refractivity contribution is -0.00728. The average Bonchev–Trinajstić information content (AvgIpc) is 2.43. The summed E-state index contributed by atoms with van der Waals surface area (Å²) in [5, 5.41) is 0.0762. The van der Waals surface area contributed by atoms with Crippen LogP contribution in [0.1, 0.15) is 71.2 Å². The first-order valence-electron chi connectivity index (χ1n) is 9.80. The van der Waals surface area contributed by atoms with Gasteiger partial charge < -0.3 is 9.16 Å². The van der Waals surface area contributed by atoms with Gasteiger partial charge in [-0.25, -0.2) is 4.79 Å². The maximum Gasteiger partial charge on any atom is 0.342 e. The van der Waals surface area contributed by atoms with Crippen molar-refractivity contribution in [2.75, 3.05) is 0 Å². The van der Waals surface area contributed by atoms with E-state index in [2.05, 4.69) is 54.6 Å². The Kier molecular flexibility index (Phi) is 5.96. The van der Waals surface area contributed by atoms with Crippen LogP contribution in [0.4, 0.5) is 0 Å². The van der Waals surface area contributed by atoms with Crippen molar-refractivity contribution < 1.29 is 14.0 Å². The van der Waals surface area contributed by atoms with E-state index >= 15 is 0 Å². The summed E-state index contributed by atoms with van der Waals surface area (Å²) in [6, 6.07) is 7.51. The zero-order chi connectivity index (χ0) is 19.8. The first-order chi connectivity index (χ1) is 11.8. The van der Waals surface area contributed by atoms with Crippen LogP contribution in [0.25, 0.3) is 0 Å². The maximum absolute atomic E-state index is 12.9. The van der Waals surface area contributed by atoms with Gasteiger partial charge >= 0.3 is 5.97 Å². The molecule has 2 unspecified atom stereocenters. The lowest BCUT2D eigenvalue weighted by Crippen LogP contribution is -2.44. The molecule has 0 bridgehead atoms. The molecule has 0 saturated heterocycles. The van der Waals surface area contributed by atoms with Crippen molar-refractivity contribution in [2.45, 2.75) is 85.0 Å². The Morgan fingerprint density at radius 1 is 1.15 bits per heavy atom. The molecule has 1 aromatic rings. The van der Waals surface area contributed by atoms with E-state index in [0.29, 0.717) is 17.2 Å². The average molecular weight is 377 g/mol. The van der Waals surface area contributed by atoms with Crippen molar-refractivity contribution in [3.63, 3.8) is 0 Å². The minimum absolute atomic E-state index is 0.0119. The fraction of sp³-hybridized carbons (Fsp3) is 0.682. The van der Waals surface area contributed by atoms with E-state index in [1.165, 1.54) is 6.42 Å². The summed E-state index contributed by atoms with van der Waals surface area (Å²) in [7, 11) is -2.02. The van der Waals surface area contributed by atoms with E-state index in [9.17, 15) is 4.79 Å². The Morgan fingerprint density at radius 2 is 1.77 bits per heavy atom. The first kappa shape index (κ1) is 21.0. The lowest BCUT2D eigenvalue weighted by Gasteiger charge is -2.39. The molecule has 1 aromatic carbocycles. The zero-order valence-electron chi connectivity index (χ0n) is 17.8. The molecular weight excluding hydrogens is 340 g/mol. The van der Waals surface area contributed by atoms with Crippen molar-refractivity contribution in [2.24, 2.45) is 11.3 Å². The van der Waals surface area contributed by atoms with Crippen molar-refractivity contribution in [1.29, 1.82) is 0 Å². The van der Waals surface area contributed by atoms with Crippen molar-refractivity contribution in [3.8, 4) is 5.75 Å². The Balaban J connectivity index is 2.17. The fourth-order valence-corrected chi connectivity index (χ4v) is 4.75. The minimum Gasteiger partial charge on any atom is -0.543 e. The highest BCUT2D eigenvalue weighted by atomic mass is 28.4.